The van der Waals surface area contributed by atoms with E-state index in [-0.39, 0.29) is 0 Å². The van der Waals surface area contributed by atoms with Gasteiger partial charge in [0.05, 0.1) is 0 Å². The summed E-state index contributed by atoms with van der Waals surface area (Å²) in [5, 5.41) is 13.4. The van der Waals surface area contributed by atoms with Gasteiger partial charge in [0.15, 0.2) is 5.03 Å². The fraction of sp³-hybridized carbons (Fsp3) is 0.500. The van der Waals surface area contributed by atoms with Crippen LogP contribution in [0.1, 0.15) is 0 Å². The van der Waals surface area contributed by atoms with E-state index in [4.69, 9.17) is 0 Å². The van der Waals surface area contributed by atoms with Crippen LogP contribution in [0.25, 0.3) is 0 Å². The van der Waals surface area contributed by atoms with E-state index in [9.17, 15) is 10.1 Å². The van der Waals surface area contributed by atoms with Crippen molar-refractivity contribution in [1.29, 1.82) is 0 Å². The molecule has 0 atom stereocenters. The van der Waals surface area contributed by atoms with Gasteiger partial charge in [-0.1, -0.05) is 0 Å². The third-order valence-corrected chi connectivity index (χ3v) is 1.06. The van der Waals surface area contributed by atoms with E-state index < -0.39 is 5.03 Å². The Labute approximate surface area is 52.1 Å². The van der Waals surface area contributed by atoms with Crippen molar-refractivity contribution < 1.29 is 5.03 Å². The molecule has 0 saturated heterocycles. The van der Waals surface area contributed by atoms with E-state index in [2.05, 4.69) is 5.32 Å². The molecular weight excluding hydrogens is 122 g/mol. The normalized spacial score (nSPS) is 17.1. The Morgan fingerprint density at radius 1 is 1.78 bits per heavy atom. The van der Waals surface area contributed by atoms with E-state index in [0.29, 0.717) is 13.2 Å². The van der Waals surface area contributed by atoms with Gasteiger partial charge in [0.1, 0.15) is 13.2 Å². The Morgan fingerprint density at radius 3 is 2.89 bits per heavy atom. The quantitative estimate of drug-likeness (QED) is 0.385. The maximum Gasteiger partial charge on any atom is 0.162 e. The molecule has 0 aromatic rings. The second kappa shape index (κ2) is 2.34. The summed E-state index contributed by atoms with van der Waals surface area (Å²) >= 11 is 0. The van der Waals surface area contributed by atoms with Crippen molar-refractivity contribution in [3.63, 3.8) is 0 Å². The molecule has 0 unspecified atom stereocenters. The number of nitrogens with one attached hydrogen (secondary N) is 1. The van der Waals surface area contributed by atoms with E-state index in [1.807, 2.05) is 0 Å². The highest BCUT2D eigenvalue weighted by molar-refractivity contribution is 4.84. The van der Waals surface area contributed by atoms with Gasteiger partial charge in [0.2, 0.25) is 0 Å². The molecule has 0 saturated carbocycles. The minimum absolute atomic E-state index is 0.295. The van der Waals surface area contributed by atoms with Gasteiger partial charge in [-0.05, 0) is 12.3 Å². The SMILES string of the molecule is O=[N+]([O-])N1CC=CNC1. The summed E-state index contributed by atoms with van der Waals surface area (Å²) in [6.45, 7) is 0.684. The zero-order chi connectivity index (χ0) is 6.69. The van der Waals surface area contributed by atoms with Crippen molar-refractivity contribution >= 4 is 0 Å². The lowest BCUT2D eigenvalue weighted by molar-refractivity contribution is -0.654. The number of nitro groups is 1. The number of hydrogen-bond acceptors (Lipinski definition) is 3. The molecular formula is C4H7N3O2. The lowest BCUT2D eigenvalue weighted by Crippen LogP contribution is -2.39. The molecule has 1 heterocycles. The highest BCUT2D eigenvalue weighted by atomic mass is 16.7. The van der Waals surface area contributed by atoms with Crippen LogP contribution in [0.5, 0.6) is 0 Å². The lowest BCUT2D eigenvalue weighted by atomic mass is 10.5. The molecule has 9 heavy (non-hydrogen) atoms. The largest absolute Gasteiger partial charge is 0.369 e. The fourth-order valence-electron chi connectivity index (χ4n) is 0.605. The molecule has 5 heteroatoms. The lowest BCUT2D eigenvalue weighted by Gasteiger charge is -2.15. The third kappa shape index (κ3) is 1.31. The molecule has 1 N–H and O–H groups in total. The van der Waals surface area contributed by atoms with Crippen molar-refractivity contribution in [2.75, 3.05) is 13.2 Å². The summed E-state index contributed by atoms with van der Waals surface area (Å²) < 4.78 is 0. The van der Waals surface area contributed by atoms with Crippen molar-refractivity contribution in [1.82, 2.24) is 10.3 Å². The summed E-state index contributed by atoms with van der Waals surface area (Å²) in [5.41, 5.74) is 0. The van der Waals surface area contributed by atoms with Gasteiger partial charge in [0.25, 0.3) is 0 Å². The van der Waals surface area contributed by atoms with Gasteiger partial charge in [-0.15, -0.1) is 5.01 Å². The van der Waals surface area contributed by atoms with E-state index in [1.54, 1.807) is 12.3 Å². The van der Waals surface area contributed by atoms with Gasteiger partial charge < -0.3 is 5.32 Å². The number of hydrogen-bond donors (Lipinski definition) is 1. The van der Waals surface area contributed by atoms with E-state index in [0.717, 1.165) is 5.01 Å². The Morgan fingerprint density at radius 2 is 2.56 bits per heavy atom. The Bertz CT molecular complexity index is 145. The van der Waals surface area contributed by atoms with Gasteiger partial charge >= 0.3 is 0 Å². The van der Waals surface area contributed by atoms with Crippen LogP contribution in [0.3, 0.4) is 0 Å². The first-order valence-corrected chi connectivity index (χ1v) is 2.58. The zero-order valence-corrected chi connectivity index (χ0v) is 4.78. The third-order valence-electron chi connectivity index (χ3n) is 1.06. The molecule has 50 valence electrons. The Balaban J connectivity index is 2.44. The number of rotatable bonds is 1. The summed E-state index contributed by atoms with van der Waals surface area (Å²) in [4.78, 5) is 10.0. The molecule has 1 aliphatic heterocycles. The van der Waals surface area contributed by atoms with Crippen LogP contribution in [0.4, 0.5) is 0 Å². The predicted octanol–water partition coefficient (Wildman–Crippen LogP) is -0.446. The van der Waals surface area contributed by atoms with Crippen LogP contribution in [0.2, 0.25) is 0 Å². The maximum absolute atomic E-state index is 10.0. The van der Waals surface area contributed by atoms with Crippen LogP contribution in [0, 0.1) is 10.1 Å². The molecule has 0 aromatic heterocycles. The molecule has 5 nitrogen and oxygen atoms in total. The molecule has 0 radical (unpaired) electrons. The first-order chi connectivity index (χ1) is 4.30. The monoisotopic (exact) mass is 129 g/mol. The highest BCUT2D eigenvalue weighted by Crippen LogP contribution is 1.90. The predicted molar refractivity (Wildman–Crippen MR) is 30.8 cm³/mol. The fourth-order valence-corrected chi connectivity index (χ4v) is 0.605. The maximum atomic E-state index is 10.0. The first-order valence-electron chi connectivity index (χ1n) is 2.58. The summed E-state index contributed by atoms with van der Waals surface area (Å²) in [7, 11) is 0. The van der Waals surface area contributed by atoms with Crippen molar-refractivity contribution in [2.45, 2.75) is 0 Å². The zero-order valence-electron chi connectivity index (χ0n) is 4.78. The molecule has 0 amide bonds. The molecule has 0 bridgehead atoms. The van der Waals surface area contributed by atoms with Crippen LogP contribution in [-0.2, 0) is 0 Å². The van der Waals surface area contributed by atoms with Crippen LogP contribution in [0.15, 0.2) is 12.3 Å². The van der Waals surface area contributed by atoms with Crippen molar-refractivity contribution in [2.24, 2.45) is 0 Å². The second-order valence-corrected chi connectivity index (χ2v) is 1.69. The van der Waals surface area contributed by atoms with Crippen LogP contribution < -0.4 is 5.32 Å². The summed E-state index contributed by atoms with van der Waals surface area (Å²) in [6, 6.07) is 0. The molecule has 0 spiro atoms. The standard InChI is InChI=1S/C4H7N3O2/c8-7(9)6-3-1-2-5-4-6/h1-2,5H,3-4H2. The van der Waals surface area contributed by atoms with Gasteiger partial charge in [-0.25, -0.2) is 10.1 Å². The number of nitrogens with zero attached hydrogens (tertiary/aromatic N) is 2. The van der Waals surface area contributed by atoms with E-state index in [1.165, 1.54) is 0 Å². The minimum atomic E-state index is -0.420. The molecule has 1 aliphatic rings. The van der Waals surface area contributed by atoms with Gasteiger partial charge in [0, 0.05) is 0 Å². The number of hydrazine groups is 1. The van der Waals surface area contributed by atoms with E-state index >= 15 is 0 Å². The smallest absolute Gasteiger partial charge is 0.162 e. The van der Waals surface area contributed by atoms with Crippen LogP contribution >= 0.6 is 0 Å². The Hall–Kier alpha value is -1.26. The van der Waals surface area contributed by atoms with Gasteiger partial charge in [-0.3, -0.25) is 0 Å². The molecule has 1 rings (SSSR count). The Kier molecular flexibility index (Phi) is 1.53. The summed E-state index contributed by atoms with van der Waals surface area (Å²) in [5.74, 6) is 0. The highest BCUT2D eigenvalue weighted by Gasteiger charge is 2.12. The molecule has 0 aliphatic carbocycles. The molecule has 0 fully saturated rings. The minimum Gasteiger partial charge on any atom is -0.369 e. The molecule has 0 aromatic carbocycles. The van der Waals surface area contributed by atoms with Gasteiger partial charge in [-0.2, -0.15) is 0 Å². The average Bonchev–Trinajstić information content (AvgIpc) is 1.90. The average molecular weight is 129 g/mol. The van der Waals surface area contributed by atoms with Crippen molar-refractivity contribution in [3.05, 3.63) is 22.4 Å². The van der Waals surface area contributed by atoms with Crippen LogP contribution in [-0.4, -0.2) is 23.3 Å². The first kappa shape index (κ1) is 5.87. The second-order valence-electron chi connectivity index (χ2n) is 1.69. The summed E-state index contributed by atoms with van der Waals surface area (Å²) in [6.07, 6.45) is 3.41. The van der Waals surface area contributed by atoms with Crippen molar-refractivity contribution in [3.8, 4) is 0 Å². The topological polar surface area (TPSA) is 58.4 Å².